The van der Waals surface area contributed by atoms with E-state index in [2.05, 4.69) is 11.0 Å². The highest BCUT2D eigenvalue weighted by Crippen LogP contribution is 2.26. The van der Waals surface area contributed by atoms with Crippen LogP contribution in [0.1, 0.15) is 31.9 Å². The van der Waals surface area contributed by atoms with Gasteiger partial charge in [-0.25, -0.2) is 4.79 Å². The van der Waals surface area contributed by atoms with Crippen molar-refractivity contribution in [1.82, 2.24) is 9.80 Å². The van der Waals surface area contributed by atoms with Crippen molar-refractivity contribution in [1.29, 1.82) is 5.26 Å². The number of carbonyl (C=O) groups excluding carboxylic acids is 2. The van der Waals surface area contributed by atoms with E-state index in [1.165, 1.54) is 0 Å². The molecule has 0 radical (unpaired) electrons. The lowest BCUT2D eigenvalue weighted by Crippen LogP contribution is -2.59. The Morgan fingerprint density at radius 3 is 2.44 bits per heavy atom. The third-order valence-electron chi connectivity index (χ3n) is 5.94. The van der Waals surface area contributed by atoms with Gasteiger partial charge in [0.2, 0.25) is 0 Å². The number of amides is 1. The standard InChI is InChI=1S/C26H30N4O4/c1-26(2,3)34-24(31)22-17-29(14-13-28(22)16-20-7-5-4-6-8-20)23-18-30(25(32)33-23)21-11-9-19(15-27)10-12-21/h4-12,22-23H,13-14,16-18H2,1-3H3. The molecule has 2 aliphatic rings. The Morgan fingerprint density at radius 2 is 1.79 bits per heavy atom. The Morgan fingerprint density at radius 1 is 1.09 bits per heavy atom. The first-order valence-corrected chi connectivity index (χ1v) is 11.5. The highest BCUT2D eigenvalue weighted by Gasteiger charge is 2.42. The van der Waals surface area contributed by atoms with Crippen LogP contribution < -0.4 is 4.90 Å². The molecule has 8 heteroatoms. The van der Waals surface area contributed by atoms with E-state index in [1.54, 1.807) is 29.2 Å². The molecule has 0 aromatic heterocycles. The molecule has 2 heterocycles. The van der Waals surface area contributed by atoms with Gasteiger partial charge in [0.05, 0.1) is 18.2 Å². The van der Waals surface area contributed by atoms with Crippen LogP contribution in [0.2, 0.25) is 0 Å². The average molecular weight is 463 g/mol. The maximum absolute atomic E-state index is 13.2. The van der Waals surface area contributed by atoms with E-state index in [0.29, 0.717) is 44.0 Å². The summed E-state index contributed by atoms with van der Waals surface area (Å²) >= 11 is 0. The molecule has 8 nitrogen and oxygen atoms in total. The van der Waals surface area contributed by atoms with Gasteiger partial charge < -0.3 is 9.47 Å². The summed E-state index contributed by atoms with van der Waals surface area (Å²) in [6, 6.07) is 18.5. The smallest absolute Gasteiger partial charge is 0.416 e. The molecule has 0 saturated carbocycles. The monoisotopic (exact) mass is 462 g/mol. The van der Waals surface area contributed by atoms with Gasteiger partial charge in [-0.15, -0.1) is 0 Å². The third kappa shape index (κ3) is 5.56. The van der Waals surface area contributed by atoms with Gasteiger partial charge >= 0.3 is 12.1 Å². The Balaban J connectivity index is 1.48. The summed E-state index contributed by atoms with van der Waals surface area (Å²) in [5, 5.41) is 9.01. The van der Waals surface area contributed by atoms with Crippen molar-refractivity contribution >= 4 is 17.7 Å². The Bertz CT molecular complexity index is 1060. The van der Waals surface area contributed by atoms with Crippen molar-refractivity contribution in [3.8, 4) is 6.07 Å². The number of hydrogen-bond acceptors (Lipinski definition) is 7. The van der Waals surface area contributed by atoms with Gasteiger partial charge in [-0.05, 0) is 50.6 Å². The first-order valence-electron chi connectivity index (χ1n) is 11.5. The van der Waals surface area contributed by atoms with Crippen LogP contribution in [-0.4, -0.2) is 65.9 Å². The number of hydrogen-bond donors (Lipinski definition) is 0. The topological polar surface area (TPSA) is 86.1 Å². The molecule has 1 amide bonds. The third-order valence-corrected chi connectivity index (χ3v) is 5.94. The second-order valence-corrected chi connectivity index (χ2v) is 9.61. The zero-order valence-corrected chi connectivity index (χ0v) is 19.8. The number of nitrogens with zero attached hydrogens (tertiary/aromatic N) is 4. The molecule has 2 atom stereocenters. The molecular weight excluding hydrogens is 432 g/mol. The number of esters is 1. The van der Waals surface area contributed by atoms with Gasteiger partial charge in [-0.1, -0.05) is 30.3 Å². The van der Waals surface area contributed by atoms with Gasteiger partial charge in [-0.3, -0.25) is 19.5 Å². The number of carbonyl (C=O) groups is 2. The maximum atomic E-state index is 13.2. The molecule has 0 N–H and O–H groups in total. The first kappa shape index (κ1) is 23.7. The zero-order valence-electron chi connectivity index (χ0n) is 19.8. The predicted octanol–water partition coefficient (Wildman–Crippen LogP) is 3.37. The number of ether oxygens (including phenoxy) is 2. The molecular formula is C26H30N4O4. The molecule has 2 aromatic rings. The molecule has 2 saturated heterocycles. The van der Waals surface area contributed by atoms with Crippen LogP contribution in [0, 0.1) is 11.3 Å². The molecule has 34 heavy (non-hydrogen) atoms. The number of cyclic esters (lactones) is 1. The number of piperazine rings is 1. The molecule has 0 bridgehead atoms. The fourth-order valence-corrected chi connectivity index (χ4v) is 4.27. The molecule has 2 fully saturated rings. The zero-order chi connectivity index (χ0) is 24.3. The van der Waals surface area contributed by atoms with E-state index in [1.807, 2.05) is 56.0 Å². The SMILES string of the molecule is CC(C)(C)OC(=O)C1CN(C2CN(c3ccc(C#N)cc3)C(=O)O2)CCN1Cc1ccccc1. The molecule has 4 rings (SSSR count). The summed E-state index contributed by atoms with van der Waals surface area (Å²) < 4.78 is 11.4. The molecule has 2 aromatic carbocycles. The van der Waals surface area contributed by atoms with Crippen LogP contribution in [0.25, 0.3) is 0 Å². The average Bonchev–Trinajstić information content (AvgIpc) is 3.20. The van der Waals surface area contributed by atoms with Gasteiger partial charge in [0, 0.05) is 31.9 Å². The van der Waals surface area contributed by atoms with Crippen LogP contribution in [0.5, 0.6) is 0 Å². The van der Waals surface area contributed by atoms with Gasteiger partial charge in [0.25, 0.3) is 0 Å². The largest absolute Gasteiger partial charge is 0.459 e. The summed E-state index contributed by atoms with van der Waals surface area (Å²) in [4.78, 5) is 31.5. The van der Waals surface area contributed by atoms with E-state index in [0.717, 1.165) is 5.56 Å². The van der Waals surface area contributed by atoms with Crippen molar-refractivity contribution in [2.24, 2.45) is 0 Å². The quantitative estimate of drug-likeness (QED) is 0.630. The highest BCUT2D eigenvalue weighted by atomic mass is 16.6. The van der Waals surface area contributed by atoms with Crippen molar-refractivity contribution in [3.05, 3.63) is 65.7 Å². The molecule has 2 unspecified atom stereocenters. The number of benzene rings is 2. The maximum Gasteiger partial charge on any atom is 0.416 e. The summed E-state index contributed by atoms with van der Waals surface area (Å²) in [7, 11) is 0. The lowest BCUT2D eigenvalue weighted by Gasteiger charge is -2.42. The molecule has 178 valence electrons. The van der Waals surface area contributed by atoms with Crippen molar-refractivity contribution in [2.75, 3.05) is 31.1 Å². The highest BCUT2D eigenvalue weighted by molar-refractivity contribution is 5.89. The van der Waals surface area contributed by atoms with Crippen molar-refractivity contribution in [3.63, 3.8) is 0 Å². The number of rotatable bonds is 5. The van der Waals surface area contributed by atoms with Crippen LogP contribution in [-0.2, 0) is 20.8 Å². The van der Waals surface area contributed by atoms with Crippen molar-refractivity contribution in [2.45, 2.75) is 45.2 Å². The molecule has 0 spiro atoms. The van der Waals surface area contributed by atoms with E-state index < -0.39 is 24.0 Å². The van der Waals surface area contributed by atoms with E-state index in [4.69, 9.17) is 14.7 Å². The van der Waals surface area contributed by atoms with E-state index in [9.17, 15) is 9.59 Å². The van der Waals surface area contributed by atoms with Crippen LogP contribution in [0.4, 0.5) is 10.5 Å². The summed E-state index contributed by atoms with van der Waals surface area (Å²) in [5.74, 6) is -0.276. The lowest BCUT2D eigenvalue weighted by molar-refractivity contribution is -0.166. The molecule has 2 aliphatic heterocycles. The van der Waals surface area contributed by atoms with Crippen molar-refractivity contribution < 1.29 is 19.1 Å². The Hall–Kier alpha value is -3.41. The van der Waals surface area contributed by atoms with E-state index >= 15 is 0 Å². The summed E-state index contributed by atoms with van der Waals surface area (Å²) in [6.45, 7) is 8.28. The minimum Gasteiger partial charge on any atom is -0.459 e. The predicted molar refractivity (Wildman–Crippen MR) is 127 cm³/mol. The lowest BCUT2D eigenvalue weighted by atomic mass is 10.1. The Labute approximate surface area is 200 Å². The minimum absolute atomic E-state index is 0.276. The van der Waals surface area contributed by atoms with E-state index in [-0.39, 0.29) is 5.97 Å². The van der Waals surface area contributed by atoms with Gasteiger partial charge in [0.15, 0.2) is 6.23 Å². The molecule has 0 aliphatic carbocycles. The normalized spacial score (nSPS) is 21.7. The second kappa shape index (κ2) is 9.84. The minimum atomic E-state index is -0.593. The van der Waals surface area contributed by atoms with Gasteiger partial charge in [0.1, 0.15) is 11.6 Å². The number of nitriles is 1. The summed E-state index contributed by atoms with van der Waals surface area (Å²) in [6.07, 6.45) is -0.901. The fourth-order valence-electron chi connectivity index (χ4n) is 4.27. The first-order chi connectivity index (χ1) is 16.2. The van der Waals surface area contributed by atoms with Crippen LogP contribution in [0.3, 0.4) is 0 Å². The fraction of sp³-hybridized carbons (Fsp3) is 0.423. The van der Waals surface area contributed by atoms with Crippen LogP contribution in [0.15, 0.2) is 54.6 Å². The second-order valence-electron chi connectivity index (χ2n) is 9.61. The number of anilines is 1. The summed E-state index contributed by atoms with van der Waals surface area (Å²) in [5.41, 5.74) is 1.74. The van der Waals surface area contributed by atoms with Crippen LogP contribution >= 0.6 is 0 Å². The Kier molecular flexibility index (Phi) is 6.87. The van der Waals surface area contributed by atoms with Gasteiger partial charge in [-0.2, -0.15) is 5.26 Å².